The average molecular weight is 249 g/mol. The summed E-state index contributed by atoms with van der Waals surface area (Å²) >= 11 is 0. The molecule has 0 aliphatic rings. The van der Waals surface area contributed by atoms with Crippen molar-refractivity contribution in [3.05, 3.63) is 18.1 Å². The van der Waals surface area contributed by atoms with Gasteiger partial charge in [-0.1, -0.05) is 0 Å². The van der Waals surface area contributed by atoms with Crippen molar-refractivity contribution in [1.82, 2.24) is 20.2 Å². The lowest BCUT2D eigenvalue weighted by Gasteiger charge is -2.11. The number of aryl methyl sites for hydroxylation is 1. The number of hydrogen-bond acceptors (Lipinski definition) is 6. The highest BCUT2D eigenvalue weighted by atomic mass is 16.5. The van der Waals surface area contributed by atoms with Crippen LogP contribution in [0.2, 0.25) is 0 Å². The number of aromatic nitrogens is 4. The molecule has 2 aromatic heterocycles. The second-order valence-electron chi connectivity index (χ2n) is 3.58. The van der Waals surface area contributed by atoms with Gasteiger partial charge in [0.2, 0.25) is 11.6 Å². The molecule has 0 bridgehead atoms. The molecule has 0 aromatic carbocycles. The third-order valence-corrected chi connectivity index (χ3v) is 2.20. The molecule has 2 heterocycles. The fraction of sp³-hybridized carbons (Fsp3) is 0.364. The molecule has 0 unspecified atom stereocenters. The fourth-order valence-electron chi connectivity index (χ4n) is 1.45. The molecule has 0 saturated heterocycles. The zero-order valence-corrected chi connectivity index (χ0v) is 10.5. The van der Waals surface area contributed by atoms with Crippen LogP contribution >= 0.6 is 0 Å². The molecule has 0 saturated carbocycles. The molecule has 18 heavy (non-hydrogen) atoms. The minimum absolute atomic E-state index is 0.329. The minimum atomic E-state index is 0.329. The van der Waals surface area contributed by atoms with Crippen LogP contribution in [0.3, 0.4) is 0 Å². The summed E-state index contributed by atoms with van der Waals surface area (Å²) < 4.78 is 10.8. The van der Waals surface area contributed by atoms with Crippen molar-refractivity contribution in [2.24, 2.45) is 0 Å². The molecule has 0 aliphatic heterocycles. The first-order chi connectivity index (χ1) is 8.74. The highest BCUT2D eigenvalue weighted by Gasteiger charge is 2.14. The lowest BCUT2D eigenvalue weighted by molar-refractivity contribution is 0.363. The lowest BCUT2D eigenvalue weighted by Crippen LogP contribution is -2.04. The van der Waals surface area contributed by atoms with Gasteiger partial charge in [-0.25, -0.2) is 4.98 Å². The first-order valence-corrected chi connectivity index (χ1v) is 5.57. The van der Waals surface area contributed by atoms with Gasteiger partial charge in [-0.15, -0.1) is 5.10 Å². The SMILES string of the molecule is CCNc1ncnc(Oc2cc(C)[nH]n2)c1OC. The Hall–Kier alpha value is -2.31. The normalized spacial score (nSPS) is 10.2. The van der Waals surface area contributed by atoms with E-state index in [2.05, 4.69) is 25.5 Å². The first-order valence-electron chi connectivity index (χ1n) is 5.57. The number of aromatic amines is 1. The van der Waals surface area contributed by atoms with E-state index < -0.39 is 0 Å². The van der Waals surface area contributed by atoms with Gasteiger partial charge in [0.1, 0.15) is 6.33 Å². The number of rotatable bonds is 5. The number of nitrogens with one attached hydrogen (secondary N) is 2. The van der Waals surface area contributed by atoms with Gasteiger partial charge in [-0.3, -0.25) is 5.10 Å². The number of methoxy groups -OCH3 is 1. The Bertz CT molecular complexity index is 526. The summed E-state index contributed by atoms with van der Waals surface area (Å²) in [6.07, 6.45) is 1.41. The summed E-state index contributed by atoms with van der Waals surface area (Å²) in [5.74, 6) is 1.82. The van der Waals surface area contributed by atoms with Crippen LogP contribution in [0.25, 0.3) is 0 Å². The van der Waals surface area contributed by atoms with Crippen LogP contribution in [0.15, 0.2) is 12.4 Å². The topological polar surface area (TPSA) is 85.0 Å². The van der Waals surface area contributed by atoms with E-state index >= 15 is 0 Å². The maximum absolute atomic E-state index is 5.55. The van der Waals surface area contributed by atoms with Crippen LogP contribution in [0.1, 0.15) is 12.6 Å². The van der Waals surface area contributed by atoms with E-state index in [1.165, 1.54) is 6.33 Å². The van der Waals surface area contributed by atoms with Crippen LogP contribution in [0, 0.1) is 6.92 Å². The van der Waals surface area contributed by atoms with Crippen molar-refractivity contribution in [2.75, 3.05) is 19.0 Å². The van der Waals surface area contributed by atoms with Gasteiger partial charge in [0.25, 0.3) is 5.88 Å². The maximum Gasteiger partial charge on any atom is 0.269 e. The lowest BCUT2D eigenvalue weighted by atomic mass is 10.4. The van der Waals surface area contributed by atoms with Crippen molar-refractivity contribution >= 4 is 5.82 Å². The second kappa shape index (κ2) is 5.35. The zero-order chi connectivity index (χ0) is 13.0. The molecular weight excluding hydrogens is 234 g/mol. The Morgan fingerprint density at radius 2 is 2.22 bits per heavy atom. The van der Waals surface area contributed by atoms with E-state index in [0.29, 0.717) is 23.3 Å². The Morgan fingerprint density at radius 3 is 2.83 bits per heavy atom. The number of H-pyrrole nitrogens is 1. The van der Waals surface area contributed by atoms with E-state index in [4.69, 9.17) is 9.47 Å². The quantitative estimate of drug-likeness (QED) is 0.839. The molecule has 2 rings (SSSR count). The standard InChI is InChI=1S/C11H15N5O2/c1-4-12-10-9(17-3)11(14-6-13-10)18-8-5-7(2)15-16-8/h5-6H,4H2,1-3H3,(H,15,16)(H,12,13,14). The van der Waals surface area contributed by atoms with Gasteiger partial charge in [-0.2, -0.15) is 4.98 Å². The number of anilines is 1. The average Bonchev–Trinajstić information content (AvgIpc) is 2.76. The van der Waals surface area contributed by atoms with Gasteiger partial charge in [0.15, 0.2) is 5.82 Å². The van der Waals surface area contributed by atoms with E-state index in [-0.39, 0.29) is 0 Å². The number of ether oxygens (including phenoxy) is 2. The summed E-state index contributed by atoms with van der Waals surface area (Å²) in [6, 6.07) is 1.77. The Morgan fingerprint density at radius 1 is 1.39 bits per heavy atom. The Labute approximate surface area is 105 Å². The summed E-state index contributed by atoms with van der Waals surface area (Å²) in [4.78, 5) is 8.14. The second-order valence-corrected chi connectivity index (χ2v) is 3.58. The summed E-state index contributed by atoms with van der Waals surface area (Å²) in [6.45, 7) is 4.59. The third kappa shape index (κ3) is 2.50. The van der Waals surface area contributed by atoms with Crippen LogP contribution in [-0.4, -0.2) is 33.8 Å². The maximum atomic E-state index is 5.55. The molecule has 7 heteroatoms. The highest BCUT2D eigenvalue weighted by molar-refractivity contribution is 5.55. The van der Waals surface area contributed by atoms with Gasteiger partial charge >= 0.3 is 0 Å². The zero-order valence-electron chi connectivity index (χ0n) is 10.5. The highest BCUT2D eigenvalue weighted by Crippen LogP contribution is 2.33. The smallest absolute Gasteiger partial charge is 0.269 e. The third-order valence-electron chi connectivity index (χ3n) is 2.20. The number of hydrogen-bond donors (Lipinski definition) is 2. The van der Waals surface area contributed by atoms with Crippen molar-refractivity contribution in [2.45, 2.75) is 13.8 Å². The number of nitrogens with zero attached hydrogens (tertiary/aromatic N) is 3. The minimum Gasteiger partial charge on any atom is -0.489 e. The van der Waals surface area contributed by atoms with Crippen LogP contribution in [-0.2, 0) is 0 Å². The molecule has 0 radical (unpaired) electrons. The Balaban J connectivity index is 2.29. The van der Waals surface area contributed by atoms with Crippen molar-refractivity contribution in [1.29, 1.82) is 0 Å². The van der Waals surface area contributed by atoms with Crippen molar-refractivity contribution < 1.29 is 9.47 Å². The molecule has 7 nitrogen and oxygen atoms in total. The van der Waals surface area contributed by atoms with Crippen molar-refractivity contribution in [3.63, 3.8) is 0 Å². The molecule has 0 atom stereocenters. The van der Waals surface area contributed by atoms with Gasteiger partial charge < -0.3 is 14.8 Å². The summed E-state index contributed by atoms with van der Waals surface area (Å²) in [7, 11) is 1.54. The van der Waals surface area contributed by atoms with Crippen LogP contribution in [0.5, 0.6) is 17.5 Å². The van der Waals surface area contributed by atoms with Gasteiger partial charge in [0.05, 0.1) is 7.11 Å². The van der Waals surface area contributed by atoms with E-state index in [1.807, 2.05) is 13.8 Å². The van der Waals surface area contributed by atoms with Gasteiger partial charge in [-0.05, 0) is 13.8 Å². The van der Waals surface area contributed by atoms with E-state index in [1.54, 1.807) is 13.2 Å². The monoisotopic (exact) mass is 249 g/mol. The predicted octanol–water partition coefficient (Wildman–Crippen LogP) is 1.74. The fourth-order valence-corrected chi connectivity index (χ4v) is 1.45. The van der Waals surface area contributed by atoms with Crippen LogP contribution in [0.4, 0.5) is 5.82 Å². The summed E-state index contributed by atoms with van der Waals surface area (Å²) in [5, 5.41) is 9.84. The molecule has 2 aromatic rings. The molecule has 2 N–H and O–H groups in total. The first kappa shape index (κ1) is 12.2. The van der Waals surface area contributed by atoms with Gasteiger partial charge in [0, 0.05) is 18.3 Å². The molecule has 0 aliphatic carbocycles. The largest absolute Gasteiger partial charge is 0.489 e. The van der Waals surface area contributed by atoms with Crippen molar-refractivity contribution in [3.8, 4) is 17.5 Å². The van der Waals surface area contributed by atoms with E-state index in [0.717, 1.165) is 12.2 Å². The summed E-state index contributed by atoms with van der Waals surface area (Å²) in [5.41, 5.74) is 0.907. The predicted molar refractivity (Wildman–Crippen MR) is 66.1 cm³/mol. The Kier molecular flexibility index (Phi) is 3.61. The van der Waals surface area contributed by atoms with Crippen LogP contribution < -0.4 is 14.8 Å². The molecular formula is C11H15N5O2. The van der Waals surface area contributed by atoms with E-state index in [9.17, 15) is 0 Å². The molecule has 0 fully saturated rings. The molecule has 0 amide bonds. The molecule has 0 spiro atoms. The molecule has 96 valence electrons.